The van der Waals surface area contributed by atoms with E-state index in [1.807, 2.05) is 11.8 Å². The van der Waals surface area contributed by atoms with Crippen molar-refractivity contribution >= 4 is 11.8 Å². The summed E-state index contributed by atoms with van der Waals surface area (Å²) in [4.78, 5) is 27.9. The van der Waals surface area contributed by atoms with Gasteiger partial charge in [-0.15, -0.1) is 0 Å². The molecule has 0 unspecified atom stereocenters. The molecule has 1 aliphatic rings. The Morgan fingerprint density at radius 3 is 2.55 bits per heavy atom. The molecular weight excluding hydrogens is 254 g/mol. The number of carbonyl (C=O) groups is 2. The fourth-order valence-corrected chi connectivity index (χ4v) is 2.45. The number of hydrogen-bond donors (Lipinski definition) is 1. The summed E-state index contributed by atoms with van der Waals surface area (Å²) in [5.74, 6) is 0.263. The average Bonchev–Trinajstić information content (AvgIpc) is 2.70. The molecule has 0 aliphatic carbocycles. The SMILES string of the molecule is CCCNC(=O)CCCC(=O)N1CCCN(CC)CC1. The van der Waals surface area contributed by atoms with Gasteiger partial charge < -0.3 is 15.1 Å². The number of likely N-dealkylation sites (N-methyl/N-ethyl adjacent to an activating group) is 1. The molecule has 0 aromatic heterocycles. The van der Waals surface area contributed by atoms with Crippen molar-refractivity contribution in [3.05, 3.63) is 0 Å². The normalized spacial score (nSPS) is 16.8. The lowest BCUT2D eigenvalue weighted by Gasteiger charge is -2.21. The number of carbonyl (C=O) groups excluding carboxylic acids is 2. The Morgan fingerprint density at radius 2 is 1.85 bits per heavy atom. The lowest BCUT2D eigenvalue weighted by Crippen LogP contribution is -2.35. The van der Waals surface area contributed by atoms with Gasteiger partial charge in [-0.05, 0) is 32.4 Å². The zero-order chi connectivity index (χ0) is 14.8. The van der Waals surface area contributed by atoms with Gasteiger partial charge in [-0.25, -0.2) is 0 Å². The lowest BCUT2D eigenvalue weighted by atomic mass is 10.2. The molecule has 0 atom stereocenters. The zero-order valence-electron chi connectivity index (χ0n) is 13.0. The zero-order valence-corrected chi connectivity index (χ0v) is 13.0. The van der Waals surface area contributed by atoms with Gasteiger partial charge in [-0.1, -0.05) is 13.8 Å². The van der Waals surface area contributed by atoms with E-state index in [1.165, 1.54) is 0 Å². The predicted octanol–water partition coefficient (Wildman–Crippen LogP) is 1.24. The minimum Gasteiger partial charge on any atom is -0.356 e. The van der Waals surface area contributed by atoms with E-state index in [-0.39, 0.29) is 11.8 Å². The Kier molecular flexibility index (Phi) is 8.26. The van der Waals surface area contributed by atoms with Crippen LogP contribution < -0.4 is 5.32 Å². The molecule has 0 saturated carbocycles. The molecule has 1 heterocycles. The average molecular weight is 283 g/mol. The van der Waals surface area contributed by atoms with Crippen molar-refractivity contribution in [1.82, 2.24) is 15.1 Å². The van der Waals surface area contributed by atoms with Crippen LogP contribution in [0.1, 0.15) is 46.0 Å². The van der Waals surface area contributed by atoms with Crippen molar-refractivity contribution in [3.63, 3.8) is 0 Å². The van der Waals surface area contributed by atoms with Crippen LogP contribution in [0.25, 0.3) is 0 Å². The smallest absolute Gasteiger partial charge is 0.222 e. The Morgan fingerprint density at radius 1 is 1.05 bits per heavy atom. The first-order valence-corrected chi connectivity index (χ1v) is 7.94. The van der Waals surface area contributed by atoms with E-state index in [1.54, 1.807) is 0 Å². The van der Waals surface area contributed by atoms with E-state index in [2.05, 4.69) is 17.1 Å². The molecule has 0 spiro atoms. The van der Waals surface area contributed by atoms with Crippen LogP contribution in [0.5, 0.6) is 0 Å². The summed E-state index contributed by atoms with van der Waals surface area (Å²) in [6.45, 7) is 9.71. The number of nitrogens with one attached hydrogen (secondary N) is 1. The topological polar surface area (TPSA) is 52.7 Å². The number of nitrogens with zero attached hydrogens (tertiary/aromatic N) is 2. The molecule has 2 amide bonds. The van der Waals surface area contributed by atoms with Gasteiger partial charge in [0.1, 0.15) is 0 Å². The van der Waals surface area contributed by atoms with Crippen LogP contribution in [0.15, 0.2) is 0 Å². The third-order valence-electron chi connectivity index (χ3n) is 3.76. The lowest BCUT2D eigenvalue weighted by molar-refractivity contribution is -0.131. The molecule has 1 fully saturated rings. The van der Waals surface area contributed by atoms with Crippen molar-refractivity contribution in [2.45, 2.75) is 46.0 Å². The summed E-state index contributed by atoms with van der Waals surface area (Å²) in [5.41, 5.74) is 0. The minimum atomic E-state index is 0.0627. The summed E-state index contributed by atoms with van der Waals surface area (Å²) in [6, 6.07) is 0. The first-order valence-electron chi connectivity index (χ1n) is 7.94. The highest BCUT2D eigenvalue weighted by Gasteiger charge is 2.18. The highest BCUT2D eigenvalue weighted by atomic mass is 16.2. The van der Waals surface area contributed by atoms with Crippen LogP contribution >= 0.6 is 0 Å². The molecule has 116 valence electrons. The van der Waals surface area contributed by atoms with Crippen LogP contribution in [0, 0.1) is 0 Å². The van der Waals surface area contributed by atoms with E-state index in [4.69, 9.17) is 0 Å². The molecule has 5 heteroatoms. The van der Waals surface area contributed by atoms with Gasteiger partial charge in [0.05, 0.1) is 0 Å². The molecule has 0 radical (unpaired) electrons. The number of hydrogen-bond acceptors (Lipinski definition) is 3. The highest BCUT2D eigenvalue weighted by molar-refractivity contribution is 5.78. The Balaban J connectivity index is 2.20. The Labute approximate surface area is 122 Å². The maximum Gasteiger partial charge on any atom is 0.222 e. The van der Waals surface area contributed by atoms with Crippen LogP contribution in [0.4, 0.5) is 0 Å². The Bertz CT molecular complexity index is 307. The molecule has 1 rings (SSSR count). The van der Waals surface area contributed by atoms with Crippen LogP contribution in [0.3, 0.4) is 0 Å². The van der Waals surface area contributed by atoms with Gasteiger partial charge in [0.2, 0.25) is 11.8 Å². The van der Waals surface area contributed by atoms with Crippen molar-refractivity contribution < 1.29 is 9.59 Å². The molecule has 0 bridgehead atoms. The molecule has 0 aromatic carbocycles. The van der Waals surface area contributed by atoms with Crippen LogP contribution in [-0.4, -0.2) is 60.9 Å². The Hall–Kier alpha value is -1.10. The number of amides is 2. The molecule has 1 saturated heterocycles. The van der Waals surface area contributed by atoms with E-state index in [0.29, 0.717) is 19.3 Å². The highest BCUT2D eigenvalue weighted by Crippen LogP contribution is 2.07. The molecule has 20 heavy (non-hydrogen) atoms. The standard InChI is InChI=1S/C15H29N3O2/c1-3-9-16-14(19)7-5-8-15(20)18-11-6-10-17(4-2)12-13-18/h3-13H2,1-2H3,(H,16,19). The van der Waals surface area contributed by atoms with Gasteiger partial charge >= 0.3 is 0 Å². The van der Waals surface area contributed by atoms with Gasteiger partial charge in [0.15, 0.2) is 0 Å². The molecular formula is C15H29N3O2. The van der Waals surface area contributed by atoms with Crippen molar-refractivity contribution in [2.24, 2.45) is 0 Å². The summed E-state index contributed by atoms with van der Waals surface area (Å²) < 4.78 is 0. The fourth-order valence-electron chi connectivity index (χ4n) is 2.45. The minimum absolute atomic E-state index is 0.0627. The van der Waals surface area contributed by atoms with Gasteiger partial charge in [0, 0.05) is 39.0 Å². The largest absolute Gasteiger partial charge is 0.356 e. The van der Waals surface area contributed by atoms with E-state index < -0.39 is 0 Å². The first-order chi connectivity index (χ1) is 9.67. The quantitative estimate of drug-likeness (QED) is 0.765. The molecule has 1 N–H and O–H groups in total. The fraction of sp³-hybridized carbons (Fsp3) is 0.867. The summed E-state index contributed by atoms with van der Waals surface area (Å²) in [7, 11) is 0. The molecule has 5 nitrogen and oxygen atoms in total. The third-order valence-corrected chi connectivity index (χ3v) is 3.76. The summed E-state index contributed by atoms with van der Waals surface area (Å²) in [5, 5.41) is 2.84. The van der Waals surface area contributed by atoms with Crippen molar-refractivity contribution in [3.8, 4) is 0 Å². The van der Waals surface area contributed by atoms with Crippen LogP contribution in [0.2, 0.25) is 0 Å². The van der Waals surface area contributed by atoms with Gasteiger partial charge in [0.25, 0.3) is 0 Å². The first kappa shape index (κ1) is 17.0. The third kappa shape index (κ3) is 6.37. The maximum absolute atomic E-state index is 12.1. The van der Waals surface area contributed by atoms with Crippen molar-refractivity contribution in [1.29, 1.82) is 0 Å². The second-order valence-electron chi connectivity index (χ2n) is 5.37. The molecule has 0 aromatic rings. The monoisotopic (exact) mass is 283 g/mol. The van der Waals surface area contributed by atoms with Crippen LogP contribution in [-0.2, 0) is 9.59 Å². The van der Waals surface area contributed by atoms with E-state index in [0.717, 1.165) is 52.1 Å². The van der Waals surface area contributed by atoms with Gasteiger partial charge in [-0.2, -0.15) is 0 Å². The predicted molar refractivity (Wildman–Crippen MR) is 80.5 cm³/mol. The van der Waals surface area contributed by atoms with Crippen molar-refractivity contribution in [2.75, 3.05) is 39.3 Å². The summed E-state index contributed by atoms with van der Waals surface area (Å²) in [6.07, 6.45) is 3.61. The van der Waals surface area contributed by atoms with Gasteiger partial charge in [-0.3, -0.25) is 9.59 Å². The molecule has 1 aliphatic heterocycles. The number of rotatable bonds is 7. The summed E-state index contributed by atoms with van der Waals surface area (Å²) >= 11 is 0. The second kappa shape index (κ2) is 9.75. The second-order valence-corrected chi connectivity index (χ2v) is 5.37. The van der Waals surface area contributed by atoms with E-state index in [9.17, 15) is 9.59 Å². The van der Waals surface area contributed by atoms with E-state index >= 15 is 0 Å². The maximum atomic E-state index is 12.1.